The van der Waals surface area contributed by atoms with Gasteiger partial charge in [0.25, 0.3) is 5.91 Å². The Morgan fingerprint density at radius 2 is 2.08 bits per heavy atom. The van der Waals surface area contributed by atoms with E-state index in [1.807, 2.05) is 26.8 Å². The number of hydrogen-bond donors (Lipinski definition) is 1. The van der Waals surface area contributed by atoms with Gasteiger partial charge < -0.3 is 14.5 Å². The van der Waals surface area contributed by atoms with Crippen molar-refractivity contribution in [3.05, 3.63) is 46.4 Å². The summed E-state index contributed by atoms with van der Waals surface area (Å²) in [6.45, 7) is 5.45. The molecule has 2 aromatic heterocycles. The van der Waals surface area contributed by atoms with Crippen LogP contribution in [0.25, 0.3) is 11.1 Å². The van der Waals surface area contributed by atoms with Crippen molar-refractivity contribution in [2.75, 3.05) is 11.9 Å². The molecule has 0 spiro atoms. The number of nitrogens with zero attached hydrogens (tertiary/aromatic N) is 2. The molecule has 0 aliphatic rings. The summed E-state index contributed by atoms with van der Waals surface area (Å²) in [5.41, 5.74) is 2.91. The highest BCUT2D eigenvalue weighted by molar-refractivity contribution is 6.31. The molecule has 1 aromatic carbocycles. The maximum Gasteiger partial charge on any atom is 0.262 e. The molecule has 0 saturated heterocycles. The van der Waals surface area contributed by atoms with Crippen molar-refractivity contribution in [1.29, 1.82) is 0 Å². The van der Waals surface area contributed by atoms with Gasteiger partial charge >= 0.3 is 0 Å². The van der Waals surface area contributed by atoms with Crippen molar-refractivity contribution in [2.24, 2.45) is 0 Å². The number of carbonyl (C=O) groups excluding carboxylic acids is 1. The zero-order chi connectivity index (χ0) is 17.3. The van der Waals surface area contributed by atoms with Crippen LogP contribution in [0.15, 0.2) is 28.9 Å². The molecule has 1 N–H and O–H groups in total. The fraction of sp³-hybridized carbons (Fsp3) is 0.235. The van der Waals surface area contributed by atoms with Crippen molar-refractivity contribution >= 4 is 34.3 Å². The van der Waals surface area contributed by atoms with Gasteiger partial charge in [-0.3, -0.25) is 4.79 Å². The molecule has 124 valence electrons. The van der Waals surface area contributed by atoms with Crippen LogP contribution in [0.1, 0.15) is 16.9 Å². The summed E-state index contributed by atoms with van der Waals surface area (Å²) in [6, 6.07) is 5.30. The molecule has 0 aliphatic heterocycles. The molecule has 0 saturated carbocycles. The van der Waals surface area contributed by atoms with Crippen LogP contribution in [0.3, 0.4) is 0 Å². The van der Waals surface area contributed by atoms with Crippen molar-refractivity contribution in [3.8, 4) is 5.88 Å². The number of carbonyl (C=O) groups is 1. The lowest BCUT2D eigenvalue weighted by Crippen LogP contribution is -2.21. The molecule has 3 aromatic rings. The molecule has 0 fully saturated rings. The van der Waals surface area contributed by atoms with Gasteiger partial charge in [0.1, 0.15) is 17.5 Å². The fourth-order valence-corrected chi connectivity index (χ4v) is 2.48. The van der Waals surface area contributed by atoms with Gasteiger partial charge in [-0.05, 0) is 38.5 Å². The first-order valence-corrected chi connectivity index (χ1v) is 7.73. The molecule has 2 heterocycles. The number of halogens is 1. The van der Waals surface area contributed by atoms with E-state index in [0.29, 0.717) is 27.7 Å². The number of rotatable bonds is 4. The van der Waals surface area contributed by atoms with E-state index < -0.39 is 0 Å². The highest BCUT2D eigenvalue weighted by atomic mass is 35.5. The minimum absolute atomic E-state index is 0.179. The molecule has 0 unspecified atom stereocenters. The quantitative estimate of drug-likeness (QED) is 0.777. The van der Waals surface area contributed by atoms with E-state index in [-0.39, 0.29) is 12.5 Å². The third-order valence-corrected chi connectivity index (χ3v) is 3.98. The number of fused-ring (bicyclic) bond motifs is 1. The second-order valence-corrected chi connectivity index (χ2v) is 5.87. The second kappa shape index (κ2) is 6.49. The first-order valence-electron chi connectivity index (χ1n) is 7.35. The Kier molecular flexibility index (Phi) is 4.40. The van der Waals surface area contributed by atoms with Gasteiger partial charge in [-0.1, -0.05) is 17.7 Å². The standard InChI is InChI=1S/C17H16ClN3O3/c1-9-4-5-12(18)6-13(9)21-14(22)7-23-16-15-10(2)11(3)24-17(15)20-8-19-16/h4-6,8H,7H2,1-3H3,(H,21,22). The van der Waals surface area contributed by atoms with Crippen molar-refractivity contribution in [1.82, 2.24) is 9.97 Å². The van der Waals surface area contributed by atoms with Crippen molar-refractivity contribution in [2.45, 2.75) is 20.8 Å². The van der Waals surface area contributed by atoms with Gasteiger partial charge in [0.05, 0.1) is 0 Å². The van der Waals surface area contributed by atoms with Crippen LogP contribution in [0.5, 0.6) is 5.88 Å². The molecular formula is C17H16ClN3O3. The first kappa shape index (κ1) is 16.3. The largest absolute Gasteiger partial charge is 0.467 e. The number of aromatic nitrogens is 2. The molecule has 6 nitrogen and oxygen atoms in total. The summed E-state index contributed by atoms with van der Waals surface area (Å²) in [4.78, 5) is 20.3. The number of benzene rings is 1. The number of anilines is 1. The Morgan fingerprint density at radius 3 is 2.88 bits per heavy atom. The van der Waals surface area contributed by atoms with Gasteiger partial charge in [-0.15, -0.1) is 0 Å². The summed E-state index contributed by atoms with van der Waals surface area (Å²) in [6.07, 6.45) is 1.35. The summed E-state index contributed by atoms with van der Waals surface area (Å²) in [5.74, 6) is 0.770. The molecule has 0 radical (unpaired) electrons. The smallest absolute Gasteiger partial charge is 0.262 e. The monoisotopic (exact) mass is 345 g/mol. The van der Waals surface area contributed by atoms with E-state index in [9.17, 15) is 4.79 Å². The van der Waals surface area contributed by atoms with Gasteiger partial charge in [0.15, 0.2) is 6.61 Å². The number of amides is 1. The van der Waals surface area contributed by atoms with Crippen LogP contribution in [-0.2, 0) is 4.79 Å². The maximum atomic E-state index is 12.1. The third kappa shape index (κ3) is 3.19. The van der Waals surface area contributed by atoms with E-state index in [4.69, 9.17) is 20.8 Å². The lowest BCUT2D eigenvalue weighted by atomic mass is 10.2. The minimum atomic E-state index is -0.301. The Labute approximate surface area is 143 Å². The summed E-state index contributed by atoms with van der Waals surface area (Å²) >= 11 is 5.95. The molecule has 0 bridgehead atoms. The van der Waals surface area contributed by atoms with E-state index in [0.717, 1.165) is 16.9 Å². The summed E-state index contributed by atoms with van der Waals surface area (Å²) in [5, 5.41) is 4.01. The SMILES string of the molecule is Cc1ccc(Cl)cc1NC(=O)COc1ncnc2oc(C)c(C)c12. The number of aryl methyl sites for hydroxylation is 3. The Morgan fingerprint density at radius 1 is 1.29 bits per heavy atom. The second-order valence-electron chi connectivity index (χ2n) is 5.44. The highest BCUT2D eigenvalue weighted by Gasteiger charge is 2.16. The van der Waals surface area contributed by atoms with Crippen LogP contribution in [-0.4, -0.2) is 22.5 Å². The van der Waals surface area contributed by atoms with Gasteiger partial charge in [-0.25, -0.2) is 9.97 Å². The lowest BCUT2D eigenvalue weighted by Gasteiger charge is -2.10. The third-order valence-electron chi connectivity index (χ3n) is 3.74. The molecule has 0 aliphatic carbocycles. The van der Waals surface area contributed by atoms with Gasteiger partial charge in [0.2, 0.25) is 11.6 Å². The molecule has 0 atom stereocenters. The molecule has 24 heavy (non-hydrogen) atoms. The van der Waals surface area contributed by atoms with E-state index in [1.165, 1.54) is 6.33 Å². The number of furan rings is 1. The molecular weight excluding hydrogens is 330 g/mol. The van der Waals surface area contributed by atoms with Crippen LogP contribution in [0.2, 0.25) is 5.02 Å². The highest BCUT2D eigenvalue weighted by Crippen LogP contribution is 2.29. The lowest BCUT2D eigenvalue weighted by molar-refractivity contribution is -0.118. The number of nitrogens with one attached hydrogen (secondary N) is 1. The van der Waals surface area contributed by atoms with Gasteiger partial charge in [-0.2, -0.15) is 0 Å². The predicted molar refractivity (Wildman–Crippen MR) is 91.6 cm³/mol. The number of hydrogen-bond acceptors (Lipinski definition) is 5. The zero-order valence-electron chi connectivity index (χ0n) is 13.5. The van der Waals surface area contributed by atoms with Gasteiger partial charge in [0, 0.05) is 16.3 Å². The Balaban J connectivity index is 1.74. The van der Waals surface area contributed by atoms with E-state index >= 15 is 0 Å². The van der Waals surface area contributed by atoms with Crippen LogP contribution in [0, 0.1) is 20.8 Å². The van der Waals surface area contributed by atoms with E-state index in [1.54, 1.807) is 12.1 Å². The predicted octanol–water partition coefficient (Wildman–Crippen LogP) is 3.82. The molecule has 1 amide bonds. The van der Waals surface area contributed by atoms with Crippen LogP contribution in [0.4, 0.5) is 5.69 Å². The molecule has 7 heteroatoms. The maximum absolute atomic E-state index is 12.1. The Hall–Kier alpha value is -2.60. The fourth-order valence-electron chi connectivity index (χ4n) is 2.31. The Bertz CT molecular complexity index is 921. The minimum Gasteiger partial charge on any atom is -0.467 e. The van der Waals surface area contributed by atoms with E-state index in [2.05, 4.69) is 15.3 Å². The zero-order valence-corrected chi connectivity index (χ0v) is 14.3. The average Bonchev–Trinajstić information content (AvgIpc) is 2.84. The summed E-state index contributed by atoms with van der Waals surface area (Å²) in [7, 11) is 0. The summed E-state index contributed by atoms with van der Waals surface area (Å²) < 4.78 is 11.1. The van der Waals surface area contributed by atoms with Crippen LogP contribution >= 0.6 is 11.6 Å². The van der Waals surface area contributed by atoms with Crippen LogP contribution < -0.4 is 10.1 Å². The van der Waals surface area contributed by atoms with Crippen molar-refractivity contribution in [3.63, 3.8) is 0 Å². The normalized spacial score (nSPS) is 10.8. The molecule has 3 rings (SSSR count). The van der Waals surface area contributed by atoms with Crippen molar-refractivity contribution < 1.29 is 13.9 Å². The average molecular weight is 346 g/mol. The topological polar surface area (TPSA) is 77.2 Å². The first-order chi connectivity index (χ1) is 11.5. The number of ether oxygens (including phenoxy) is 1.